The Labute approximate surface area is 123 Å². The highest BCUT2D eigenvalue weighted by atomic mass is 19.1. The largest absolute Gasteiger partial charge is 0.493 e. The van der Waals surface area contributed by atoms with Gasteiger partial charge in [0.05, 0.1) is 13.3 Å². The number of anilines is 1. The Morgan fingerprint density at radius 1 is 1.29 bits per heavy atom. The molecular weight excluding hydrogens is 273 g/mol. The SMILES string of the molecule is CCCNc1ncc(F)c(Oc2ccc(C)cc2OC)n1. The number of hydrogen-bond acceptors (Lipinski definition) is 5. The Kier molecular flexibility index (Phi) is 4.92. The van der Waals surface area contributed by atoms with Crippen molar-refractivity contribution in [2.45, 2.75) is 20.3 Å². The zero-order valence-electron chi connectivity index (χ0n) is 12.3. The highest BCUT2D eigenvalue weighted by Gasteiger charge is 2.12. The van der Waals surface area contributed by atoms with Crippen molar-refractivity contribution >= 4 is 5.95 Å². The van der Waals surface area contributed by atoms with Crippen molar-refractivity contribution in [3.8, 4) is 17.4 Å². The minimum absolute atomic E-state index is 0.134. The second kappa shape index (κ2) is 6.88. The molecule has 0 aliphatic rings. The first-order chi connectivity index (χ1) is 10.1. The number of nitrogens with zero attached hydrogens (tertiary/aromatic N) is 2. The van der Waals surface area contributed by atoms with E-state index in [1.807, 2.05) is 26.0 Å². The fourth-order valence-corrected chi connectivity index (χ4v) is 1.71. The number of rotatable bonds is 6. The van der Waals surface area contributed by atoms with Gasteiger partial charge in [0.15, 0.2) is 11.5 Å². The molecule has 0 saturated heterocycles. The summed E-state index contributed by atoms with van der Waals surface area (Å²) >= 11 is 0. The molecule has 5 nitrogen and oxygen atoms in total. The van der Waals surface area contributed by atoms with Crippen LogP contribution in [0.15, 0.2) is 24.4 Å². The third-order valence-electron chi connectivity index (χ3n) is 2.77. The number of nitrogens with one attached hydrogen (secondary N) is 1. The Morgan fingerprint density at radius 2 is 2.10 bits per heavy atom. The van der Waals surface area contributed by atoms with E-state index < -0.39 is 5.82 Å². The maximum atomic E-state index is 13.8. The molecule has 1 N–H and O–H groups in total. The van der Waals surface area contributed by atoms with Gasteiger partial charge in [-0.1, -0.05) is 13.0 Å². The Bertz CT molecular complexity index is 620. The van der Waals surface area contributed by atoms with Crippen LogP contribution in [0.3, 0.4) is 0 Å². The average molecular weight is 291 g/mol. The van der Waals surface area contributed by atoms with Crippen LogP contribution in [0.4, 0.5) is 10.3 Å². The standard InChI is InChI=1S/C15H18FN3O2/c1-4-7-17-15-18-9-11(16)14(19-15)21-12-6-5-10(2)8-13(12)20-3/h5-6,8-9H,4,7H2,1-3H3,(H,17,18,19). The average Bonchev–Trinajstić information content (AvgIpc) is 2.49. The van der Waals surface area contributed by atoms with E-state index in [4.69, 9.17) is 9.47 Å². The Hall–Kier alpha value is -2.37. The highest BCUT2D eigenvalue weighted by Crippen LogP contribution is 2.32. The van der Waals surface area contributed by atoms with Gasteiger partial charge in [-0.05, 0) is 31.0 Å². The molecule has 21 heavy (non-hydrogen) atoms. The molecule has 0 aliphatic carbocycles. The van der Waals surface area contributed by atoms with Gasteiger partial charge in [-0.25, -0.2) is 4.98 Å². The van der Waals surface area contributed by atoms with Crippen LogP contribution in [0, 0.1) is 12.7 Å². The van der Waals surface area contributed by atoms with E-state index in [0.29, 0.717) is 24.0 Å². The second-order valence-electron chi connectivity index (χ2n) is 4.53. The van der Waals surface area contributed by atoms with Crippen LogP contribution in [0.5, 0.6) is 17.4 Å². The van der Waals surface area contributed by atoms with Crippen LogP contribution in [0.2, 0.25) is 0 Å². The Morgan fingerprint density at radius 3 is 2.81 bits per heavy atom. The molecule has 0 bridgehead atoms. The molecule has 0 amide bonds. The molecule has 1 aromatic carbocycles. The van der Waals surface area contributed by atoms with Crippen LogP contribution >= 0.6 is 0 Å². The summed E-state index contributed by atoms with van der Waals surface area (Å²) in [7, 11) is 1.53. The lowest BCUT2D eigenvalue weighted by atomic mass is 10.2. The van der Waals surface area contributed by atoms with Gasteiger partial charge >= 0.3 is 0 Å². The normalized spacial score (nSPS) is 10.3. The molecule has 2 rings (SSSR count). The first-order valence-electron chi connectivity index (χ1n) is 6.73. The molecule has 1 heterocycles. The van der Waals surface area contributed by atoms with Crippen molar-refractivity contribution < 1.29 is 13.9 Å². The van der Waals surface area contributed by atoms with E-state index in [0.717, 1.165) is 18.2 Å². The van der Waals surface area contributed by atoms with Gasteiger partial charge in [0.2, 0.25) is 11.8 Å². The smallest absolute Gasteiger partial charge is 0.261 e. The Balaban J connectivity index is 2.26. The third-order valence-corrected chi connectivity index (χ3v) is 2.77. The predicted molar refractivity (Wildman–Crippen MR) is 78.6 cm³/mol. The quantitative estimate of drug-likeness (QED) is 0.882. The van der Waals surface area contributed by atoms with Gasteiger partial charge in [-0.15, -0.1) is 0 Å². The molecule has 2 aromatic rings. The number of methoxy groups -OCH3 is 1. The van der Waals surface area contributed by atoms with Crippen molar-refractivity contribution in [2.75, 3.05) is 19.0 Å². The van der Waals surface area contributed by atoms with Crippen molar-refractivity contribution in [1.29, 1.82) is 0 Å². The molecule has 112 valence electrons. The summed E-state index contributed by atoms with van der Waals surface area (Å²) < 4.78 is 24.5. The van der Waals surface area contributed by atoms with Crippen LogP contribution < -0.4 is 14.8 Å². The van der Waals surface area contributed by atoms with Crippen molar-refractivity contribution in [2.24, 2.45) is 0 Å². The molecule has 0 spiro atoms. The molecule has 0 radical (unpaired) electrons. The van der Waals surface area contributed by atoms with Crippen molar-refractivity contribution in [3.63, 3.8) is 0 Å². The summed E-state index contributed by atoms with van der Waals surface area (Å²) in [5.41, 5.74) is 1.02. The molecule has 0 aliphatic heterocycles. The van der Waals surface area contributed by atoms with Crippen LogP contribution in [-0.2, 0) is 0 Å². The third kappa shape index (κ3) is 3.81. The fraction of sp³-hybridized carbons (Fsp3) is 0.333. The van der Waals surface area contributed by atoms with Crippen LogP contribution in [0.25, 0.3) is 0 Å². The minimum Gasteiger partial charge on any atom is -0.493 e. The number of halogens is 1. The maximum Gasteiger partial charge on any atom is 0.261 e. The summed E-state index contributed by atoms with van der Waals surface area (Å²) in [5, 5.41) is 2.99. The van der Waals surface area contributed by atoms with E-state index in [1.54, 1.807) is 6.07 Å². The molecule has 0 saturated carbocycles. The molecule has 0 atom stereocenters. The number of aryl methyl sites for hydroxylation is 1. The van der Waals surface area contributed by atoms with Gasteiger partial charge in [-0.2, -0.15) is 9.37 Å². The van der Waals surface area contributed by atoms with Gasteiger partial charge in [0.25, 0.3) is 5.88 Å². The van der Waals surface area contributed by atoms with E-state index in [-0.39, 0.29) is 5.88 Å². The summed E-state index contributed by atoms with van der Waals surface area (Å²) in [4.78, 5) is 7.89. The van der Waals surface area contributed by atoms with Crippen LogP contribution in [0.1, 0.15) is 18.9 Å². The summed E-state index contributed by atoms with van der Waals surface area (Å²) in [6.45, 7) is 4.66. The van der Waals surface area contributed by atoms with Crippen molar-refractivity contribution in [1.82, 2.24) is 9.97 Å². The van der Waals surface area contributed by atoms with E-state index >= 15 is 0 Å². The zero-order valence-corrected chi connectivity index (χ0v) is 12.3. The van der Waals surface area contributed by atoms with Gasteiger partial charge in [0, 0.05) is 6.54 Å². The monoisotopic (exact) mass is 291 g/mol. The van der Waals surface area contributed by atoms with E-state index in [9.17, 15) is 4.39 Å². The van der Waals surface area contributed by atoms with Crippen molar-refractivity contribution in [3.05, 3.63) is 35.8 Å². The van der Waals surface area contributed by atoms with E-state index in [2.05, 4.69) is 15.3 Å². The lowest BCUT2D eigenvalue weighted by Gasteiger charge is -2.11. The summed E-state index contributed by atoms with van der Waals surface area (Å²) in [6.07, 6.45) is 2.00. The van der Waals surface area contributed by atoms with Gasteiger partial charge < -0.3 is 14.8 Å². The minimum atomic E-state index is -0.625. The van der Waals surface area contributed by atoms with Crippen LogP contribution in [-0.4, -0.2) is 23.6 Å². The highest BCUT2D eigenvalue weighted by molar-refractivity contribution is 5.44. The number of benzene rings is 1. The first kappa shape index (κ1) is 15.0. The number of hydrogen-bond donors (Lipinski definition) is 1. The summed E-state index contributed by atoms with van der Waals surface area (Å²) in [6, 6.07) is 5.38. The molecule has 0 unspecified atom stereocenters. The predicted octanol–water partition coefficient (Wildman–Crippen LogP) is 3.55. The second-order valence-corrected chi connectivity index (χ2v) is 4.53. The fourth-order valence-electron chi connectivity index (χ4n) is 1.71. The molecule has 1 aromatic heterocycles. The van der Waals surface area contributed by atoms with Gasteiger partial charge in [-0.3, -0.25) is 0 Å². The molecular formula is C15H18FN3O2. The summed E-state index contributed by atoms with van der Waals surface area (Å²) in [5.74, 6) is 0.503. The maximum absolute atomic E-state index is 13.8. The molecule has 0 fully saturated rings. The zero-order chi connectivity index (χ0) is 15.2. The topological polar surface area (TPSA) is 56.3 Å². The number of ether oxygens (including phenoxy) is 2. The first-order valence-corrected chi connectivity index (χ1v) is 6.73. The van der Waals surface area contributed by atoms with Gasteiger partial charge in [0.1, 0.15) is 0 Å². The molecule has 6 heteroatoms. The van der Waals surface area contributed by atoms with E-state index in [1.165, 1.54) is 7.11 Å². The lowest BCUT2D eigenvalue weighted by Crippen LogP contribution is -2.06. The lowest BCUT2D eigenvalue weighted by molar-refractivity contribution is 0.363. The number of aromatic nitrogens is 2.